The van der Waals surface area contributed by atoms with Gasteiger partial charge in [0, 0.05) is 12.8 Å². The van der Waals surface area contributed by atoms with Gasteiger partial charge in [0.15, 0.2) is 0 Å². The molecule has 3 unspecified atom stereocenters. The number of allylic oxidation sites excluding steroid dienone is 2. The maximum atomic E-state index is 12.4. The van der Waals surface area contributed by atoms with Crippen LogP contribution in [0.5, 0.6) is 0 Å². The van der Waals surface area contributed by atoms with E-state index in [0.29, 0.717) is 12.8 Å². The minimum atomic E-state index is -4.63. The van der Waals surface area contributed by atoms with E-state index >= 15 is 0 Å². The van der Waals surface area contributed by atoms with E-state index in [9.17, 15) is 29.3 Å². The zero-order valence-corrected chi connectivity index (χ0v) is 38.4. The highest BCUT2D eigenvalue weighted by Gasteiger charge is 2.27. The van der Waals surface area contributed by atoms with Gasteiger partial charge < -0.3 is 24.6 Å². The Labute approximate surface area is 356 Å². The molecule has 0 rings (SSSR count). The summed E-state index contributed by atoms with van der Waals surface area (Å²) in [6.07, 6.45) is 43.5. The summed E-state index contributed by atoms with van der Waals surface area (Å²) in [6.45, 7) is 2.19. The van der Waals surface area contributed by atoms with Gasteiger partial charge in [0.05, 0.1) is 26.4 Å². The number of aliphatic hydroxyl groups is 2. The lowest BCUT2D eigenvalue weighted by atomic mass is 10.0. The Kier molecular flexibility index (Phi) is 42.8. The van der Waals surface area contributed by atoms with Crippen molar-refractivity contribution in [2.24, 2.45) is 0 Å². The van der Waals surface area contributed by atoms with E-state index < -0.39 is 58.4 Å². The van der Waals surface area contributed by atoms with Crippen molar-refractivity contribution in [1.82, 2.24) is 0 Å². The Morgan fingerprint density at radius 1 is 0.448 bits per heavy atom. The van der Waals surface area contributed by atoms with Gasteiger partial charge in [-0.2, -0.15) is 0 Å². The molecule has 0 fully saturated rings. The van der Waals surface area contributed by atoms with Crippen molar-refractivity contribution < 1.29 is 47.8 Å². The van der Waals surface area contributed by atoms with E-state index in [1.165, 1.54) is 141 Å². The van der Waals surface area contributed by atoms with Crippen LogP contribution in [0.4, 0.5) is 0 Å². The van der Waals surface area contributed by atoms with Crippen molar-refractivity contribution in [3.8, 4) is 0 Å². The maximum Gasteiger partial charge on any atom is 0.472 e. The molecule has 0 bridgehead atoms. The Hall–Kier alpha value is -1.29. The maximum absolute atomic E-state index is 12.4. The zero-order chi connectivity index (χ0) is 42.6. The zero-order valence-electron chi connectivity index (χ0n) is 37.5. The van der Waals surface area contributed by atoms with E-state index in [1.807, 2.05) is 0 Å². The second-order valence-electron chi connectivity index (χ2n) is 16.5. The molecule has 0 saturated carbocycles. The normalized spacial score (nSPS) is 13.8. The largest absolute Gasteiger partial charge is 0.472 e. The summed E-state index contributed by atoms with van der Waals surface area (Å²) < 4.78 is 32.6. The van der Waals surface area contributed by atoms with E-state index in [0.717, 1.165) is 57.8 Å². The molecule has 3 N–H and O–H groups in total. The number of aliphatic hydroxyl groups excluding tert-OH is 2. The van der Waals surface area contributed by atoms with Crippen LogP contribution >= 0.6 is 7.82 Å². The highest BCUT2D eigenvalue weighted by atomic mass is 31.2. The smallest absolute Gasteiger partial charge is 0.457 e. The molecular formula is C47H91O10P. The first-order valence-corrected chi connectivity index (χ1v) is 25.6. The number of unbranched alkanes of at least 4 members (excludes halogenated alkanes) is 30. The summed E-state index contributed by atoms with van der Waals surface area (Å²) in [7, 11) is -4.63. The van der Waals surface area contributed by atoms with Gasteiger partial charge in [-0.05, 0) is 32.1 Å². The molecule has 0 radical (unpaired) electrons. The van der Waals surface area contributed by atoms with Crippen molar-refractivity contribution in [1.29, 1.82) is 0 Å². The minimum Gasteiger partial charge on any atom is -0.457 e. The summed E-state index contributed by atoms with van der Waals surface area (Å²) in [5.74, 6) is -1.02. The predicted octanol–water partition coefficient (Wildman–Crippen LogP) is 13.2. The minimum absolute atomic E-state index is 0.184. The quantitative estimate of drug-likeness (QED) is 0.0234. The molecular weight excluding hydrogens is 755 g/mol. The molecule has 58 heavy (non-hydrogen) atoms. The first kappa shape index (κ1) is 56.7. The number of hydrogen-bond donors (Lipinski definition) is 3. The lowest BCUT2D eigenvalue weighted by molar-refractivity contribution is -0.153. The van der Waals surface area contributed by atoms with Crippen molar-refractivity contribution >= 4 is 19.8 Å². The molecule has 0 aliphatic carbocycles. The fourth-order valence-corrected chi connectivity index (χ4v) is 7.76. The van der Waals surface area contributed by atoms with Crippen LogP contribution in [-0.2, 0) is 32.7 Å². The van der Waals surface area contributed by atoms with Crippen LogP contribution in [0, 0.1) is 0 Å². The molecule has 0 spiro atoms. The van der Waals surface area contributed by atoms with Gasteiger partial charge in [-0.1, -0.05) is 206 Å². The fourth-order valence-electron chi connectivity index (χ4n) is 6.98. The summed E-state index contributed by atoms with van der Waals surface area (Å²) in [5.41, 5.74) is 0. The van der Waals surface area contributed by atoms with E-state index in [2.05, 4.69) is 26.0 Å². The third-order valence-electron chi connectivity index (χ3n) is 10.7. The lowest BCUT2D eigenvalue weighted by Crippen LogP contribution is -2.28. The number of phosphoric ester groups is 1. The second-order valence-corrected chi connectivity index (χ2v) is 17.9. The molecule has 0 aromatic heterocycles. The summed E-state index contributed by atoms with van der Waals surface area (Å²) in [5, 5.41) is 19.2. The topological polar surface area (TPSA) is 149 Å². The van der Waals surface area contributed by atoms with E-state index in [-0.39, 0.29) is 12.8 Å². The second kappa shape index (κ2) is 43.8. The van der Waals surface area contributed by atoms with Gasteiger partial charge >= 0.3 is 19.8 Å². The predicted molar refractivity (Wildman–Crippen MR) is 238 cm³/mol. The fraction of sp³-hybridized carbons (Fsp3) is 0.915. The Morgan fingerprint density at radius 2 is 0.724 bits per heavy atom. The van der Waals surface area contributed by atoms with Crippen molar-refractivity contribution in [3.05, 3.63) is 12.2 Å². The van der Waals surface area contributed by atoms with Gasteiger partial charge in [0.2, 0.25) is 0 Å². The van der Waals surface area contributed by atoms with Crippen LogP contribution in [-0.4, -0.2) is 65.7 Å². The molecule has 344 valence electrons. The number of rotatable bonds is 46. The van der Waals surface area contributed by atoms with Crippen molar-refractivity contribution in [2.75, 3.05) is 26.4 Å². The average Bonchev–Trinajstić information content (AvgIpc) is 3.21. The van der Waals surface area contributed by atoms with E-state index in [1.54, 1.807) is 0 Å². The van der Waals surface area contributed by atoms with Gasteiger partial charge in [-0.15, -0.1) is 0 Å². The van der Waals surface area contributed by atoms with Crippen LogP contribution in [0.25, 0.3) is 0 Å². The monoisotopic (exact) mass is 847 g/mol. The van der Waals surface area contributed by atoms with Crippen molar-refractivity contribution in [3.63, 3.8) is 0 Å². The van der Waals surface area contributed by atoms with Crippen molar-refractivity contribution in [2.45, 2.75) is 251 Å². The number of hydrogen-bond acceptors (Lipinski definition) is 9. The highest BCUT2D eigenvalue weighted by Crippen LogP contribution is 2.43. The summed E-state index contributed by atoms with van der Waals surface area (Å²) in [4.78, 5) is 34.5. The third kappa shape index (κ3) is 41.4. The molecule has 0 aromatic rings. The van der Waals surface area contributed by atoms with Crippen LogP contribution in [0.2, 0.25) is 0 Å². The summed E-state index contributed by atoms with van der Waals surface area (Å²) >= 11 is 0. The standard InChI is InChI=1S/C47H91O10P/c1-3-5-7-9-11-13-15-16-17-18-19-20-21-22-23-24-25-26-27-29-31-33-35-37-39-47(51)57-45(41-49)43-55-58(52,53)54-42-44(40-48)56-46(50)38-36-34-32-30-28-14-12-10-8-6-4-2/h10,12,44-45,48-49H,3-9,11,13-43H2,1-2H3,(H,52,53)/b12-10-. The molecule has 0 aliphatic heterocycles. The molecule has 0 aliphatic rings. The Balaban J connectivity index is 3.77. The Bertz CT molecular complexity index is 977. The van der Waals surface area contributed by atoms with Gasteiger partial charge in [0.25, 0.3) is 0 Å². The molecule has 11 heteroatoms. The van der Waals surface area contributed by atoms with Crippen LogP contribution in [0.15, 0.2) is 12.2 Å². The number of carbonyl (C=O) groups is 2. The number of phosphoric acid groups is 1. The number of ether oxygens (including phenoxy) is 2. The summed E-state index contributed by atoms with van der Waals surface area (Å²) in [6, 6.07) is 0. The highest BCUT2D eigenvalue weighted by molar-refractivity contribution is 7.47. The van der Waals surface area contributed by atoms with Crippen LogP contribution in [0.1, 0.15) is 239 Å². The van der Waals surface area contributed by atoms with E-state index in [4.69, 9.17) is 18.5 Å². The molecule has 10 nitrogen and oxygen atoms in total. The van der Waals surface area contributed by atoms with Gasteiger partial charge in [0.1, 0.15) is 12.2 Å². The van der Waals surface area contributed by atoms with Gasteiger partial charge in [-0.25, -0.2) is 4.57 Å². The van der Waals surface area contributed by atoms with Crippen LogP contribution in [0.3, 0.4) is 0 Å². The number of esters is 2. The molecule has 0 aromatic carbocycles. The molecule has 3 atom stereocenters. The molecule has 0 saturated heterocycles. The SMILES string of the molecule is CCCC/C=C\CCCCCCCC(=O)OC(CO)COP(=O)(O)OCC(CO)OC(=O)CCCCCCCCCCCCCCCCCCCCCCCCCC. The Morgan fingerprint density at radius 3 is 1.03 bits per heavy atom. The molecule has 0 heterocycles. The number of carbonyl (C=O) groups excluding carboxylic acids is 2. The third-order valence-corrected chi connectivity index (χ3v) is 11.7. The van der Waals surface area contributed by atoms with Crippen LogP contribution < -0.4 is 0 Å². The molecule has 0 amide bonds. The first-order valence-electron chi connectivity index (χ1n) is 24.1. The lowest BCUT2D eigenvalue weighted by Gasteiger charge is -2.20. The van der Waals surface area contributed by atoms with Gasteiger partial charge in [-0.3, -0.25) is 18.6 Å². The average molecular weight is 847 g/mol. The first-order chi connectivity index (χ1) is 28.3.